The Labute approximate surface area is 325 Å². The minimum Gasteiger partial charge on any atom is -0.748 e. The zero-order valence-electron chi connectivity index (χ0n) is 23.8. The molecule has 0 aliphatic carbocycles. The molecule has 8 nitrogen and oxygen atoms in total. The van der Waals surface area contributed by atoms with E-state index in [0.717, 1.165) is 30.2 Å². The number of aromatic nitrogens is 2. The molecule has 13 heteroatoms. The van der Waals surface area contributed by atoms with E-state index in [2.05, 4.69) is 11.9 Å². The molecule has 1 aromatic heterocycles. The van der Waals surface area contributed by atoms with E-state index in [1.807, 2.05) is 0 Å². The number of rotatable bonds is 20. The maximum Gasteiger partial charge on any atom is 1.00 e. The maximum absolute atomic E-state index is 11.4. The van der Waals surface area contributed by atoms with Gasteiger partial charge in [-0.15, -0.1) is 0 Å². The number of aryl methyl sites for hydroxylation is 1. The number of benzene rings is 1. The topological polar surface area (TPSA) is 132 Å². The van der Waals surface area contributed by atoms with Crippen molar-refractivity contribution >= 4 is 48.4 Å². The van der Waals surface area contributed by atoms with E-state index in [1.165, 1.54) is 82.8 Å². The van der Waals surface area contributed by atoms with Crippen LogP contribution in [0, 0.1) is 0 Å². The number of hydrogen-bond acceptors (Lipinski definition) is 8. The molecule has 0 aliphatic heterocycles. The monoisotopic (exact) mass is 650 g/mol. The summed E-state index contributed by atoms with van der Waals surface area (Å²) in [5, 5.41) is 0. The van der Waals surface area contributed by atoms with E-state index in [1.54, 1.807) is 4.57 Å². The molecule has 0 N–H and O–H groups in total. The van der Waals surface area contributed by atoms with Crippen LogP contribution in [0.15, 0.2) is 23.1 Å². The van der Waals surface area contributed by atoms with Gasteiger partial charge in [-0.05, 0) is 31.0 Å². The fraction of sp³-hybridized carbons (Fsp3) is 0.692. The van der Waals surface area contributed by atoms with Crippen molar-refractivity contribution in [1.29, 1.82) is 0 Å². The SMILES string of the molecule is CCCCCCCCCCCCCCCC(=S)Cc1nc2cc(S(=O)(=O)[O-])ccc2n1CCS(=O)(=O)[O-].[K+].[K+]. The largest absolute Gasteiger partial charge is 1.00 e. The summed E-state index contributed by atoms with van der Waals surface area (Å²) in [5.41, 5.74) is 0.703. The molecular formula is C26H40K2N2O6S3. The third-order valence-corrected chi connectivity index (χ3v) is 8.43. The molecule has 1 heterocycles. The summed E-state index contributed by atoms with van der Waals surface area (Å²) in [7, 11) is -9.12. The predicted molar refractivity (Wildman–Crippen MR) is 149 cm³/mol. The van der Waals surface area contributed by atoms with Crippen LogP contribution in [0.1, 0.15) is 103 Å². The van der Waals surface area contributed by atoms with Gasteiger partial charge in [-0.25, -0.2) is 21.8 Å². The number of hydrogen-bond donors (Lipinski definition) is 0. The Morgan fingerprint density at radius 1 is 0.846 bits per heavy atom. The minimum absolute atomic E-state index is 0. The summed E-state index contributed by atoms with van der Waals surface area (Å²) in [6.07, 6.45) is 17.5. The second-order valence-corrected chi connectivity index (χ2v) is 13.2. The number of nitrogens with zero attached hydrogens (tertiary/aromatic N) is 2. The molecule has 39 heavy (non-hydrogen) atoms. The van der Waals surface area contributed by atoms with Gasteiger partial charge in [-0.3, -0.25) is 0 Å². The molecule has 2 rings (SSSR count). The smallest absolute Gasteiger partial charge is 0.748 e. The minimum atomic E-state index is -4.66. The fourth-order valence-electron chi connectivity index (χ4n) is 4.51. The van der Waals surface area contributed by atoms with Crippen LogP contribution in [0.25, 0.3) is 11.0 Å². The zero-order valence-corrected chi connectivity index (χ0v) is 32.5. The standard InChI is InChI=1S/C26H42N2O6S3.2K/c1-2-3-4-5-6-7-8-9-10-11-12-13-14-15-22(35)20-26-27-24-21-23(37(32,33)34)16-17-25(24)28(26)18-19-36(29,30)31;;/h16-17,21H,2-15,18-20H2,1H3,(H,29,30,31)(H,32,33,34);;/q;2*+1/p-2. The first-order valence-electron chi connectivity index (χ1n) is 13.4. The molecular weight excluding hydrogens is 611 g/mol. The second kappa shape index (κ2) is 21.6. The molecule has 0 aliphatic rings. The maximum atomic E-state index is 11.4. The second-order valence-electron chi connectivity index (χ2n) is 9.75. The molecule has 1 aromatic carbocycles. The quantitative estimate of drug-likeness (QED) is 0.0840. The Hall–Kier alpha value is 1.87. The Balaban J connectivity index is 0.00000722. The van der Waals surface area contributed by atoms with Gasteiger partial charge in [-0.1, -0.05) is 96.2 Å². The van der Waals surface area contributed by atoms with Crippen molar-refractivity contribution in [3.05, 3.63) is 24.0 Å². The summed E-state index contributed by atoms with van der Waals surface area (Å²) < 4.78 is 69.3. The van der Waals surface area contributed by atoms with Gasteiger partial charge in [0.25, 0.3) is 0 Å². The summed E-state index contributed by atoms with van der Waals surface area (Å²) in [6.45, 7) is 2.12. The zero-order chi connectivity index (χ0) is 27.3. The van der Waals surface area contributed by atoms with Crippen LogP contribution in [0.3, 0.4) is 0 Å². The van der Waals surface area contributed by atoms with Gasteiger partial charge in [0.05, 0.1) is 31.8 Å². The van der Waals surface area contributed by atoms with Crippen molar-refractivity contribution < 1.29 is 129 Å². The molecule has 0 saturated carbocycles. The number of thiocarbonyl (C=S) groups is 1. The predicted octanol–water partition coefficient (Wildman–Crippen LogP) is -0.113. The molecule has 0 amide bonds. The van der Waals surface area contributed by atoms with E-state index in [4.69, 9.17) is 12.2 Å². The van der Waals surface area contributed by atoms with E-state index >= 15 is 0 Å². The molecule has 0 bridgehead atoms. The van der Waals surface area contributed by atoms with Gasteiger partial charge >= 0.3 is 103 Å². The molecule has 2 aromatic rings. The fourth-order valence-corrected chi connectivity index (χ4v) is 5.68. The molecule has 210 valence electrons. The van der Waals surface area contributed by atoms with Crippen LogP contribution in [-0.4, -0.2) is 46.1 Å². The summed E-state index contributed by atoms with van der Waals surface area (Å²) in [5.74, 6) is -0.169. The first kappa shape index (κ1) is 40.9. The van der Waals surface area contributed by atoms with Crippen LogP contribution in [-0.2, 0) is 33.2 Å². The molecule has 0 atom stereocenters. The van der Waals surface area contributed by atoms with Crippen molar-refractivity contribution in [2.24, 2.45) is 0 Å². The molecule has 0 radical (unpaired) electrons. The van der Waals surface area contributed by atoms with Gasteiger partial charge in [-0.2, -0.15) is 0 Å². The van der Waals surface area contributed by atoms with Crippen LogP contribution < -0.4 is 103 Å². The average Bonchev–Trinajstić information content (AvgIpc) is 3.15. The van der Waals surface area contributed by atoms with E-state index in [9.17, 15) is 25.9 Å². The van der Waals surface area contributed by atoms with Crippen LogP contribution in [0.4, 0.5) is 0 Å². The van der Waals surface area contributed by atoms with Crippen molar-refractivity contribution in [3.63, 3.8) is 0 Å². The summed E-state index contributed by atoms with van der Waals surface area (Å²) in [6, 6.07) is 3.73. The molecule has 0 unspecified atom stereocenters. The van der Waals surface area contributed by atoms with Gasteiger partial charge in [0, 0.05) is 17.8 Å². The first-order chi connectivity index (χ1) is 17.5. The van der Waals surface area contributed by atoms with Gasteiger partial charge < -0.3 is 13.7 Å². The summed E-state index contributed by atoms with van der Waals surface area (Å²) in [4.78, 5) is 4.77. The number of imidazole rings is 1. The van der Waals surface area contributed by atoms with E-state index in [-0.39, 0.29) is 115 Å². The van der Waals surface area contributed by atoms with Crippen molar-refractivity contribution in [2.75, 3.05) is 5.75 Å². The Kier molecular flexibility index (Phi) is 22.6. The van der Waals surface area contributed by atoms with Gasteiger partial charge in [0.2, 0.25) is 0 Å². The van der Waals surface area contributed by atoms with Crippen LogP contribution in [0.2, 0.25) is 0 Å². The normalized spacial score (nSPS) is 11.8. The molecule has 0 fully saturated rings. The average molecular weight is 651 g/mol. The Bertz CT molecular complexity index is 1220. The third-order valence-electron chi connectivity index (χ3n) is 6.57. The third kappa shape index (κ3) is 17.1. The van der Waals surface area contributed by atoms with Crippen molar-refractivity contribution in [1.82, 2.24) is 9.55 Å². The molecule has 0 spiro atoms. The first-order valence-corrected chi connectivity index (χ1v) is 16.8. The van der Waals surface area contributed by atoms with Gasteiger partial charge in [0.1, 0.15) is 15.9 Å². The number of fused-ring (bicyclic) bond motifs is 1. The van der Waals surface area contributed by atoms with Crippen molar-refractivity contribution in [2.45, 2.75) is 115 Å². The Morgan fingerprint density at radius 3 is 1.85 bits per heavy atom. The summed E-state index contributed by atoms with van der Waals surface area (Å²) >= 11 is 5.55. The number of unbranched alkanes of at least 4 members (excludes halogenated alkanes) is 12. The van der Waals surface area contributed by atoms with Crippen LogP contribution in [0.5, 0.6) is 0 Å². The van der Waals surface area contributed by atoms with Crippen molar-refractivity contribution in [3.8, 4) is 0 Å². The van der Waals surface area contributed by atoms with E-state index < -0.39 is 30.9 Å². The van der Waals surface area contributed by atoms with E-state index in [0.29, 0.717) is 17.8 Å². The van der Waals surface area contributed by atoms with Crippen LogP contribution >= 0.6 is 12.2 Å². The van der Waals surface area contributed by atoms with Gasteiger partial charge in [0.15, 0.2) is 0 Å². The Morgan fingerprint density at radius 2 is 1.36 bits per heavy atom. The molecule has 0 saturated heterocycles.